The lowest BCUT2D eigenvalue weighted by molar-refractivity contribution is -0.140. The fourth-order valence-electron chi connectivity index (χ4n) is 4.67. The second-order valence-electron chi connectivity index (χ2n) is 9.74. The van der Waals surface area contributed by atoms with E-state index in [1.54, 1.807) is 16.7 Å². The number of nitrogens with one attached hydrogen (secondary N) is 1. The van der Waals surface area contributed by atoms with Gasteiger partial charge in [-0.05, 0) is 56.7 Å². The minimum absolute atomic E-state index is 0.0212. The molecule has 0 bridgehead atoms. The van der Waals surface area contributed by atoms with Crippen molar-refractivity contribution in [2.24, 2.45) is 0 Å². The topological polar surface area (TPSA) is 69.7 Å². The summed E-state index contributed by atoms with van der Waals surface area (Å²) in [5, 5.41) is 5.02. The maximum Gasteiger partial charge on any atom is 0.258 e. The summed E-state index contributed by atoms with van der Waals surface area (Å²) in [6.07, 6.45) is 1.59. The second kappa shape index (κ2) is 10.9. The first-order valence-electron chi connectivity index (χ1n) is 12.8. The van der Waals surface area contributed by atoms with Gasteiger partial charge in [-0.1, -0.05) is 61.0 Å². The van der Waals surface area contributed by atoms with Crippen LogP contribution in [0.25, 0.3) is 10.8 Å². The molecule has 6 heteroatoms. The number of benzene rings is 3. The van der Waals surface area contributed by atoms with E-state index in [1.807, 2.05) is 81.4 Å². The van der Waals surface area contributed by atoms with Crippen LogP contribution in [0.4, 0.5) is 5.69 Å². The zero-order valence-corrected chi connectivity index (χ0v) is 21.6. The van der Waals surface area contributed by atoms with E-state index in [-0.39, 0.29) is 30.2 Å². The van der Waals surface area contributed by atoms with Gasteiger partial charge in [0.2, 0.25) is 11.8 Å². The van der Waals surface area contributed by atoms with Crippen molar-refractivity contribution in [1.29, 1.82) is 0 Å². The van der Waals surface area contributed by atoms with E-state index in [4.69, 9.17) is 0 Å². The smallest absolute Gasteiger partial charge is 0.258 e. The first-order chi connectivity index (χ1) is 17.3. The molecule has 0 aliphatic carbocycles. The Bertz CT molecular complexity index is 1260. The highest BCUT2D eigenvalue weighted by Gasteiger charge is 2.30. The van der Waals surface area contributed by atoms with E-state index >= 15 is 0 Å². The second-order valence-corrected chi connectivity index (χ2v) is 9.74. The Morgan fingerprint density at radius 3 is 2.39 bits per heavy atom. The van der Waals surface area contributed by atoms with E-state index in [0.29, 0.717) is 25.1 Å². The molecule has 36 heavy (non-hydrogen) atoms. The molecule has 1 heterocycles. The summed E-state index contributed by atoms with van der Waals surface area (Å²) >= 11 is 0. The fourth-order valence-corrected chi connectivity index (χ4v) is 4.67. The average molecular weight is 486 g/mol. The molecule has 1 aliphatic heterocycles. The van der Waals surface area contributed by atoms with Crippen LogP contribution in [0.15, 0.2) is 60.7 Å². The Kier molecular flexibility index (Phi) is 7.73. The Labute approximate surface area is 213 Å². The van der Waals surface area contributed by atoms with Crippen molar-refractivity contribution in [3.05, 3.63) is 77.4 Å². The minimum atomic E-state index is -0.598. The SMILES string of the molecule is CCC(C)NC(=O)C(C)N(Cc1ccc(C)cc1)C(=O)CCCN1C(=O)c2cccc3cccc1c23. The highest BCUT2D eigenvalue weighted by Crippen LogP contribution is 2.37. The normalized spacial score (nSPS) is 14.1. The van der Waals surface area contributed by atoms with Crippen LogP contribution in [-0.2, 0) is 16.1 Å². The maximum absolute atomic E-state index is 13.4. The minimum Gasteiger partial charge on any atom is -0.352 e. The molecule has 0 aromatic heterocycles. The Morgan fingerprint density at radius 2 is 1.69 bits per heavy atom. The molecule has 1 aliphatic rings. The molecule has 2 unspecified atom stereocenters. The molecule has 0 saturated heterocycles. The third-order valence-electron chi connectivity index (χ3n) is 7.06. The number of nitrogens with zero attached hydrogens (tertiary/aromatic N) is 2. The molecule has 0 radical (unpaired) electrons. The van der Waals surface area contributed by atoms with Gasteiger partial charge < -0.3 is 15.1 Å². The summed E-state index contributed by atoms with van der Waals surface area (Å²) < 4.78 is 0. The first kappa shape index (κ1) is 25.4. The van der Waals surface area contributed by atoms with Crippen molar-refractivity contribution in [3.8, 4) is 0 Å². The van der Waals surface area contributed by atoms with Gasteiger partial charge in [-0.2, -0.15) is 0 Å². The van der Waals surface area contributed by atoms with Gasteiger partial charge in [0.1, 0.15) is 6.04 Å². The van der Waals surface area contributed by atoms with Gasteiger partial charge in [-0.25, -0.2) is 0 Å². The van der Waals surface area contributed by atoms with Crippen molar-refractivity contribution in [3.63, 3.8) is 0 Å². The number of anilines is 1. The zero-order valence-electron chi connectivity index (χ0n) is 21.6. The van der Waals surface area contributed by atoms with E-state index in [9.17, 15) is 14.4 Å². The van der Waals surface area contributed by atoms with Gasteiger partial charge in [0, 0.05) is 36.5 Å². The molecular weight excluding hydrogens is 450 g/mol. The van der Waals surface area contributed by atoms with Gasteiger partial charge in [-0.3, -0.25) is 14.4 Å². The molecule has 3 amide bonds. The monoisotopic (exact) mass is 485 g/mol. The fraction of sp³-hybridized carbons (Fsp3) is 0.367. The van der Waals surface area contributed by atoms with Crippen LogP contribution in [0, 0.1) is 6.92 Å². The van der Waals surface area contributed by atoms with Gasteiger partial charge in [0.15, 0.2) is 0 Å². The van der Waals surface area contributed by atoms with Crippen LogP contribution < -0.4 is 10.2 Å². The predicted molar refractivity (Wildman–Crippen MR) is 144 cm³/mol. The van der Waals surface area contributed by atoms with Crippen LogP contribution >= 0.6 is 0 Å². The molecule has 3 aromatic rings. The lowest BCUT2D eigenvalue weighted by atomic mass is 10.1. The van der Waals surface area contributed by atoms with Crippen LogP contribution in [0.5, 0.6) is 0 Å². The molecular formula is C30H35N3O3. The summed E-state index contributed by atoms with van der Waals surface area (Å²) in [4.78, 5) is 42.8. The van der Waals surface area contributed by atoms with E-state index in [2.05, 4.69) is 5.32 Å². The maximum atomic E-state index is 13.4. The number of hydrogen-bond acceptors (Lipinski definition) is 3. The van der Waals surface area contributed by atoms with Gasteiger partial charge in [0.25, 0.3) is 5.91 Å². The van der Waals surface area contributed by atoms with Crippen LogP contribution in [0.1, 0.15) is 61.5 Å². The molecule has 0 fully saturated rings. The summed E-state index contributed by atoms with van der Waals surface area (Å²) in [5.41, 5.74) is 3.74. The quantitative estimate of drug-likeness (QED) is 0.428. The van der Waals surface area contributed by atoms with Crippen LogP contribution in [-0.4, -0.2) is 41.2 Å². The predicted octanol–water partition coefficient (Wildman–Crippen LogP) is 5.22. The summed E-state index contributed by atoms with van der Waals surface area (Å²) in [6.45, 7) is 8.59. The zero-order chi connectivity index (χ0) is 25.8. The molecule has 0 spiro atoms. The molecule has 188 valence electrons. The van der Waals surface area contributed by atoms with Crippen LogP contribution in [0.2, 0.25) is 0 Å². The van der Waals surface area contributed by atoms with Crippen molar-refractivity contribution >= 4 is 34.2 Å². The largest absolute Gasteiger partial charge is 0.352 e. The highest BCUT2D eigenvalue weighted by atomic mass is 16.2. The lowest BCUT2D eigenvalue weighted by Gasteiger charge is -2.30. The number of amides is 3. The van der Waals surface area contributed by atoms with Crippen molar-refractivity contribution < 1.29 is 14.4 Å². The van der Waals surface area contributed by atoms with Crippen LogP contribution in [0.3, 0.4) is 0 Å². The van der Waals surface area contributed by atoms with Crippen molar-refractivity contribution in [2.75, 3.05) is 11.4 Å². The van der Waals surface area contributed by atoms with Gasteiger partial charge >= 0.3 is 0 Å². The standard InChI is InChI=1S/C30H35N3O3/c1-5-21(3)31-29(35)22(4)33(19-23-16-14-20(2)15-17-23)27(34)13-8-18-32-26-12-7-10-24-9-6-11-25(28(24)26)30(32)36/h6-7,9-12,14-17,21-22H,5,8,13,18-19H2,1-4H3,(H,31,35). The highest BCUT2D eigenvalue weighted by molar-refractivity contribution is 6.25. The Balaban J connectivity index is 1.46. The molecule has 1 N–H and O–H groups in total. The summed E-state index contributed by atoms with van der Waals surface area (Å²) in [5.74, 6) is -0.265. The van der Waals surface area contributed by atoms with Crippen molar-refractivity contribution in [2.45, 2.75) is 65.6 Å². The van der Waals surface area contributed by atoms with E-state index < -0.39 is 6.04 Å². The molecule has 3 aromatic carbocycles. The summed E-state index contributed by atoms with van der Waals surface area (Å²) in [7, 11) is 0. The van der Waals surface area contributed by atoms with E-state index in [1.165, 1.54) is 0 Å². The average Bonchev–Trinajstić information content (AvgIpc) is 3.15. The third-order valence-corrected chi connectivity index (χ3v) is 7.06. The summed E-state index contributed by atoms with van der Waals surface area (Å²) in [6, 6.07) is 19.2. The number of rotatable bonds is 10. The number of hydrogen-bond donors (Lipinski definition) is 1. The molecule has 6 nitrogen and oxygen atoms in total. The molecule has 2 atom stereocenters. The Morgan fingerprint density at radius 1 is 1.00 bits per heavy atom. The van der Waals surface area contributed by atoms with Crippen molar-refractivity contribution in [1.82, 2.24) is 10.2 Å². The number of aryl methyl sites for hydroxylation is 1. The number of carbonyl (C=O) groups excluding carboxylic acids is 3. The van der Waals surface area contributed by atoms with Gasteiger partial charge in [0.05, 0.1) is 5.69 Å². The third kappa shape index (κ3) is 5.27. The Hall–Kier alpha value is -3.67. The van der Waals surface area contributed by atoms with E-state index in [0.717, 1.165) is 34.0 Å². The first-order valence-corrected chi connectivity index (χ1v) is 12.8. The lowest BCUT2D eigenvalue weighted by Crippen LogP contribution is -2.49. The van der Waals surface area contributed by atoms with Gasteiger partial charge in [-0.15, -0.1) is 0 Å². The molecule has 4 rings (SSSR count). The number of carbonyl (C=O) groups is 3. The molecule has 0 saturated carbocycles.